The molecule has 14 heavy (non-hydrogen) atoms. The van der Waals surface area contributed by atoms with E-state index in [4.69, 9.17) is 11.6 Å². The summed E-state index contributed by atoms with van der Waals surface area (Å²) in [5.41, 5.74) is 9.99. The number of hydrogen-bond acceptors (Lipinski definition) is 5. The molecule has 0 saturated carbocycles. The van der Waals surface area contributed by atoms with Crippen molar-refractivity contribution in [3.63, 3.8) is 0 Å². The fraction of sp³-hybridized carbons (Fsp3) is 0.333. The second kappa shape index (κ2) is 4.69. The SMILES string of the molecule is C/C(NN)=C(\c1ncccn1)C(C)N. The molecular formula is C9H15N5. The minimum atomic E-state index is -0.159. The number of hydrogen-bond donors (Lipinski definition) is 3. The minimum absolute atomic E-state index is 0.159. The van der Waals surface area contributed by atoms with Crippen LogP contribution in [0.5, 0.6) is 0 Å². The Labute approximate surface area is 83.2 Å². The summed E-state index contributed by atoms with van der Waals surface area (Å²) < 4.78 is 0. The third kappa shape index (κ3) is 2.27. The van der Waals surface area contributed by atoms with Crippen LogP contribution >= 0.6 is 0 Å². The molecule has 1 unspecified atom stereocenters. The van der Waals surface area contributed by atoms with Crippen LogP contribution in [-0.4, -0.2) is 16.0 Å². The molecule has 0 aliphatic heterocycles. The summed E-state index contributed by atoms with van der Waals surface area (Å²) in [4.78, 5) is 8.25. The second-order valence-electron chi connectivity index (χ2n) is 3.04. The zero-order valence-corrected chi connectivity index (χ0v) is 8.36. The van der Waals surface area contributed by atoms with Gasteiger partial charge < -0.3 is 11.2 Å². The molecule has 0 spiro atoms. The van der Waals surface area contributed by atoms with Gasteiger partial charge in [-0.1, -0.05) is 0 Å². The largest absolute Gasteiger partial charge is 0.328 e. The summed E-state index contributed by atoms with van der Waals surface area (Å²) >= 11 is 0. The van der Waals surface area contributed by atoms with Gasteiger partial charge in [-0.3, -0.25) is 5.84 Å². The van der Waals surface area contributed by atoms with Gasteiger partial charge in [-0.25, -0.2) is 9.97 Å². The van der Waals surface area contributed by atoms with Gasteiger partial charge in [0.05, 0.1) is 0 Å². The van der Waals surface area contributed by atoms with Crippen LogP contribution in [-0.2, 0) is 0 Å². The van der Waals surface area contributed by atoms with Crippen LogP contribution in [0.15, 0.2) is 24.2 Å². The summed E-state index contributed by atoms with van der Waals surface area (Å²) in [6, 6.07) is 1.60. The molecular weight excluding hydrogens is 178 g/mol. The molecule has 1 heterocycles. The van der Waals surface area contributed by atoms with Crippen molar-refractivity contribution >= 4 is 5.57 Å². The average Bonchev–Trinajstić information content (AvgIpc) is 2.19. The molecule has 76 valence electrons. The van der Waals surface area contributed by atoms with Crippen LogP contribution in [0.2, 0.25) is 0 Å². The van der Waals surface area contributed by atoms with E-state index in [-0.39, 0.29) is 6.04 Å². The smallest absolute Gasteiger partial charge is 0.158 e. The first-order valence-corrected chi connectivity index (χ1v) is 4.37. The highest BCUT2D eigenvalue weighted by molar-refractivity contribution is 5.66. The van der Waals surface area contributed by atoms with Crippen molar-refractivity contribution in [1.29, 1.82) is 0 Å². The van der Waals surface area contributed by atoms with E-state index >= 15 is 0 Å². The van der Waals surface area contributed by atoms with Crippen molar-refractivity contribution in [1.82, 2.24) is 15.4 Å². The molecule has 0 bridgehead atoms. The van der Waals surface area contributed by atoms with Gasteiger partial charge in [0.1, 0.15) is 0 Å². The van der Waals surface area contributed by atoms with E-state index in [1.165, 1.54) is 0 Å². The molecule has 0 amide bonds. The van der Waals surface area contributed by atoms with E-state index in [0.717, 1.165) is 11.3 Å². The topological polar surface area (TPSA) is 89.8 Å². The maximum Gasteiger partial charge on any atom is 0.158 e. The lowest BCUT2D eigenvalue weighted by Crippen LogP contribution is -2.27. The molecule has 0 fully saturated rings. The van der Waals surface area contributed by atoms with Crippen molar-refractivity contribution < 1.29 is 0 Å². The maximum absolute atomic E-state index is 5.81. The number of allylic oxidation sites excluding steroid dienone is 1. The molecule has 5 N–H and O–H groups in total. The Morgan fingerprint density at radius 1 is 1.43 bits per heavy atom. The maximum atomic E-state index is 5.81. The van der Waals surface area contributed by atoms with Crippen LogP contribution in [0.3, 0.4) is 0 Å². The first-order chi connectivity index (χ1) is 6.66. The van der Waals surface area contributed by atoms with Gasteiger partial charge in [0.25, 0.3) is 0 Å². The fourth-order valence-electron chi connectivity index (χ4n) is 1.23. The molecule has 1 atom stereocenters. The third-order valence-electron chi connectivity index (χ3n) is 1.88. The molecule has 0 aliphatic rings. The van der Waals surface area contributed by atoms with Gasteiger partial charge in [0.2, 0.25) is 0 Å². The Morgan fingerprint density at radius 3 is 2.43 bits per heavy atom. The highest BCUT2D eigenvalue weighted by Crippen LogP contribution is 2.14. The molecule has 0 aromatic carbocycles. The number of aromatic nitrogens is 2. The summed E-state index contributed by atoms with van der Waals surface area (Å²) in [6.45, 7) is 3.71. The Morgan fingerprint density at radius 2 is 2.00 bits per heavy atom. The van der Waals surface area contributed by atoms with Crippen LogP contribution in [0.25, 0.3) is 5.57 Å². The number of rotatable bonds is 3. The molecule has 1 aromatic rings. The van der Waals surface area contributed by atoms with Crippen molar-refractivity contribution in [2.45, 2.75) is 19.9 Å². The van der Waals surface area contributed by atoms with Crippen molar-refractivity contribution in [2.24, 2.45) is 11.6 Å². The first-order valence-electron chi connectivity index (χ1n) is 4.37. The van der Waals surface area contributed by atoms with E-state index in [1.54, 1.807) is 18.5 Å². The highest BCUT2D eigenvalue weighted by Gasteiger charge is 2.12. The summed E-state index contributed by atoms with van der Waals surface area (Å²) in [6.07, 6.45) is 3.35. The quantitative estimate of drug-likeness (QED) is 0.465. The normalized spacial score (nSPS) is 14.6. The van der Waals surface area contributed by atoms with Gasteiger partial charge in [-0.05, 0) is 19.9 Å². The van der Waals surface area contributed by atoms with Gasteiger partial charge in [0.15, 0.2) is 5.82 Å². The van der Waals surface area contributed by atoms with Crippen LogP contribution < -0.4 is 17.0 Å². The molecule has 5 heteroatoms. The van der Waals surface area contributed by atoms with Crippen LogP contribution in [0.4, 0.5) is 0 Å². The molecule has 0 saturated heterocycles. The zero-order valence-electron chi connectivity index (χ0n) is 8.36. The molecule has 5 nitrogen and oxygen atoms in total. The summed E-state index contributed by atoms with van der Waals surface area (Å²) in [5.74, 6) is 5.94. The van der Waals surface area contributed by atoms with Crippen molar-refractivity contribution in [3.05, 3.63) is 30.0 Å². The number of hydrazine groups is 1. The van der Waals surface area contributed by atoms with Crippen LogP contribution in [0, 0.1) is 0 Å². The highest BCUT2D eigenvalue weighted by atomic mass is 15.2. The molecule has 1 aromatic heterocycles. The standard InChI is InChI=1S/C9H15N5/c1-6(10)8(7(2)14-11)9-12-4-3-5-13-9/h3-6,14H,10-11H2,1-2H3/b8-7+. The summed E-state index contributed by atoms with van der Waals surface area (Å²) in [7, 11) is 0. The lowest BCUT2D eigenvalue weighted by atomic mass is 10.1. The molecule has 0 radical (unpaired) electrons. The van der Waals surface area contributed by atoms with E-state index < -0.39 is 0 Å². The van der Waals surface area contributed by atoms with E-state index in [0.29, 0.717) is 5.82 Å². The van der Waals surface area contributed by atoms with Gasteiger partial charge in [0, 0.05) is 29.7 Å². The Kier molecular flexibility index (Phi) is 3.55. The van der Waals surface area contributed by atoms with Gasteiger partial charge >= 0.3 is 0 Å². The second-order valence-corrected chi connectivity index (χ2v) is 3.04. The first kappa shape index (κ1) is 10.6. The molecule has 1 rings (SSSR count). The van der Waals surface area contributed by atoms with Crippen LogP contribution in [0.1, 0.15) is 19.7 Å². The Bertz CT molecular complexity index is 317. The predicted octanol–water partition coefficient (Wildman–Crippen LogP) is 0.0181. The number of nitrogens with one attached hydrogen (secondary N) is 1. The fourth-order valence-corrected chi connectivity index (χ4v) is 1.23. The third-order valence-corrected chi connectivity index (χ3v) is 1.88. The summed E-state index contributed by atoms with van der Waals surface area (Å²) in [5, 5.41) is 0. The minimum Gasteiger partial charge on any atom is -0.328 e. The van der Waals surface area contributed by atoms with E-state index in [1.807, 2.05) is 13.8 Å². The average molecular weight is 193 g/mol. The zero-order chi connectivity index (χ0) is 10.6. The van der Waals surface area contributed by atoms with E-state index in [9.17, 15) is 0 Å². The van der Waals surface area contributed by atoms with Gasteiger partial charge in [-0.2, -0.15) is 0 Å². The number of nitrogens with two attached hydrogens (primary N) is 2. The van der Waals surface area contributed by atoms with Crippen molar-refractivity contribution in [2.75, 3.05) is 0 Å². The number of nitrogens with zero attached hydrogens (tertiary/aromatic N) is 2. The Hall–Kier alpha value is -1.46. The van der Waals surface area contributed by atoms with Gasteiger partial charge in [-0.15, -0.1) is 0 Å². The Balaban J connectivity index is 3.14. The molecule has 0 aliphatic carbocycles. The lowest BCUT2D eigenvalue weighted by molar-refractivity contribution is 0.841. The van der Waals surface area contributed by atoms with Crippen molar-refractivity contribution in [3.8, 4) is 0 Å². The monoisotopic (exact) mass is 193 g/mol. The predicted molar refractivity (Wildman–Crippen MR) is 55.6 cm³/mol. The van der Waals surface area contributed by atoms with E-state index in [2.05, 4.69) is 15.4 Å². The lowest BCUT2D eigenvalue weighted by Gasteiger charge is -2.13.